The predicted molar refractivity (Wildman–Crippen MR) is 77.0 cm³/mol. The van der Waals surface area contributed by atoms with Crippen molar-refractivity contribution in [1.82, 2.24) is 10.1 Å². The van der Waals surface area contributed by atoms with E-state index in [1.165, 1.54) is 18.6 Å². The van der Waals surface area contributed by atoms with Crippen molar-refractivity contribution >= 4 is 0 Å². The van der Waals surface area contributed by atoms with Gasteiger partial charge in [-0.3, -0.25) is 0 Å². The molecule has 0 saturated heterocycles. The minimum absolute atomic E-state index is 0.246. The minimum atomic E-state index is -0.494. The van der Waals surface area contributed by atoms with Crippen LogP contribution in [0.1, 0.15) is 49.9 Å². The van der Waals surface area contributed by atoms with Crippen LogP contribution in [-0.4, -0.2) is 10.1 Å². The van der Waals surface area contributed by atoms with Crippen molar-refractivity contribution in [2.45, 2.75) is 44.6 Å². The van der Waals surface area contributed by atoms with Crippen molar-refractivity contribution in [2.24, 2.45) is 11.7 Å². The zero-order valence-electron chi connectivity index (χ0n) is 12.2. The first-order valence-corrected chi connectivity index (χ1v) is 7.41. The lowest BCUT2D eigenvalue weighted by molar-refractivity contribution is 0.183. The first-order chi connectivity index (χ1) is 10.0. The number of rotatable bonds is 3. The molecule has 1 aliphatic carbocycles. The average molecular weight is 289 g/mol. The molecule has 0 radical (unpaired) electrons. The molecule has 4 nitrogen and oxygen atoms in total. The Bertz CT molecular complexity index is 610. The quantitative estimate of drug-likeness (QED) is 0.942. The van der Waals surface area contributed by atoms with Gasteiger partial charge in [-0.25, -0.2) is 4.39 Å². The molecule has 1 saturated carbocycles. The summed E-state index contributed by atoms with van der Waals surface area (Å²) in [6.07, 6.45) is 4.58. The van der Waals surface area contributed by atoms with Gasteiger partial charge < -0.3 is 10.3 Å². The molecule has 5 heteroatoms. The summed E-state index contributed by atoms with van der Waals surface area (Å²) in [4.78, 5) is 4.46. The Morgan fingerprint density at radius 2 is 2.14 bits per heavy atom. The molecule has 1 aromatic carbocycles. The van der Waals surface area contributed by atoms with Crippen molar-refractivity contribution < 1.29 is 8.91 Å². The SMILES string of the molecule is CC1CCCC(N)(c2nc(Cc3ccc(F)cc3)no2)C1. The first kappa shape index (κ1) is 14.2. The Labute approximate surface area is 123 Å². The summed E-state index contributed by atoms with van der Waals surface area (Å²) in [5, 5.41) is 4.02. The second-order valence-corrected chi connectivity index (χ2v) is 6.18. The number of nitrogens with zero attached hydrogens (tertiary/aromatic N) is 2. The zero-order chi connectivity index (χ0) is 14.9. The third-order valence-electron chi connectivity index (χ3n) is 4.20. The smallest absolute Gasteiger partial charge is 0.246 e. The Hall–Kier alpha value is -1.75. The summed E-state index contributed by atoms with van der Waals surface area (Å²) < 4.78 is 18.3. The molecule has 1 heterocycles. The minimum Gasteiger partial charge on any atom is -0.337 e. The molecular formula is C16H20FN3O. The summed E-state index contributed by atoms with van der Waals surface area (Å²) in [5.41, 5.74) is 6.91. The number of hydrogen-bond acceptors (Lipinski definition) is 4. The topological polar surface area (TPSA) is 64.9 Å². The molecule has 0 amide bonds. The molecule has 0 spiro atoms. The number of hydrogen-bond donors (Lipinski definition) is 1. The molecule has 1 fully saturated rings. The molecule has 112 valence electrons. The van der Waals surface area contributed by atoms with Crippen LogP contribution in [0.3, 0.4) is 0 Å². The van der Waals surface area contributed by atoms with Gasteiger partial charge in [0.2, 0.25) is 5.89 Å². The fourth-order valence-corrected chi connectivity index (χ4v) is 3.10. The molecule has 0 aliphatic heterocycles. The Morgan fingerprint density at radius 1 is 1.38 bits per heavy atom. The summed E-state index contributed by atoms with van der Waals surface area (Å²) in [6, 6.07) is 6.33. The van der Waals surface area contributed by atoms with Crippen molar-refractivity contribution in [1.29, 1.82) is 0 Å². The van der Waals surface area contributed by atoms with Gasteiger partial charge in [-0.05, 0) is 36.5 Å². The van der Waals surface area contributed by atoms with Crippen LogP contribution in [0.4, 0.5) is 4.39 Å². The van der Waals surface area contributed by atoms with Crippen molar-refractivity contribution in [3.05, 3.63) is 47.4 Å². The Kier molecular flexibility index (Phi) is 3.76. The van der Waals surface area contributed by atoms with Gasteiger partial charge >= 0.3 is 0 Å². The number of nitrogens with two attached hydrogens (primary N) is 1. The fourth-order valence-electron chi connectivity index (χ4n) is 3.10. The second-order valence-electron chi connectivity index (χ2n) is 6.18. The monoisotopic (exact) mass is 289 g/mol. The van der Waals surface area contributed by atoms with Gasteiger partial charge in [-0.1, -0.05) is 37.1 Å². The molecule has 0 bridgehead atoms. The van der Waals surface area contributed by atoms with Crippen molar-refractivity contribution in [3.63, 3.8) is 0 Å². The maximum absolute atomic E-state index is 12.9. The number of halogens is 1. The van der Waals surface area contributed by atoms with E-state index in [4.69, 9.17) is 10.3 Å². The molecule has 3 rings (SSSR count). The highest BCUT2D eigenvalue weighted by molar-refractivity contribution is 5.20. The van der Waals surface area contributed by atoms with E-state index in [0.717, 1.165) is 24.8 Å². The van der Waals surface area contributed by atoms with Gasteiger partial charge in [0, 0.05) is 6.42 Å². The highest BCUT2D eigenvalue weighted by atomic mass is 19.1. The lowest BCUT2D eigenvalue weighted by atomic mass is 9.77. The first-order valence-electron chi connectivity index (χ1n) is 7.41. The highest BCUT2D eigenvalue weighted by Crippen LogP contribution is 2.36. The van der Waals surface area contributed by atoms with E-state index >= 15 is 0 Å². The van der Waals surface area contributed by atoms with Crippen LogP contribution in [0.15, 0.2) is 28.8 Å². The van der Waals surface area contributed by atoms with Crippen molar-refractivity contribution in [3.8, 4) is 0 Å². The normalized spacial score (nSPS) is 26.0. The Balaban J connectivity index is 1.75. The Morgan fingerprint density at radius 3 is 2.86 bits per heavy atom. The molecule has 2 aromatic rings. The molecule has 1 aromatic heterocycles. The molecule has 2 unspecified atom stereocenters. The van der Waals surface area contributed by atoms with Crippen LogP contribution in [0.5, 0.6) is 0 Å². The van der Waals surface area contributed by atoms with Crippen LogP contribution in [0.25, 0.3) is 0 Å². The largest absolute Gasteiger partial charge is 0.337 e. The standard InChI is InChI=1S/C16H20FN3O/c1-11-3-2-8-16(18,10-11)15-19-14(20-21-15)9-12-4-6-13(17)7-5-12/h4-7,11H,2-3,8-10,18H2,1H3. The molecular weight excluding hydrogens is 269 g/mol. The lowest BCUT2D eigenvalue weighted by Crippen LogP contribution is -2.41. The fraction of sp³-hybridized carbons (Fsp3) is 0.500. The van der Waals surface area contributed by atoms with E-state index in [2.05, 4.69) is 17.1 Å². The van der Waals surface area contributed by atoms with E-state index in [-0.39, 0.29) is 5.82 Å². The van der Waals surface area contributed by atoms with Crippen LogP contribution < -0.4 is 5.73 Å². The zero-order valence-corrected chi connectivity index (χ0v) is 12.2. The van der Waals surface area contributed by atoms with Gasteiger partial charge in [0.15, 0.2) is 5.82 Å². The maximum atomic E-state index is 12.9. The van der Waals surface area contributed by atoms with Gasteiger partial charge in [0.25, 0.3) is 0 Å². The van der Waals surface area contributed by atoms with E-state index in [9.17, 15) is 4.39 Å². The summed E-state index contributed by atoms with van der Waals surface area (Å²) >= 11 is 0. The van der Waals surface area contributed by atoms with Crippen LogP contribution in [0.2, 0.25) is 0 Å². The maximum Gasteiger partial charge on any atom is 0.246 e. The van der Waals surface area contributed by atoms with E-state index in [0.29, 0.717) is 24.1 Å². The van der Waals surface area contributed by atoms with E-state index in [1.807, 2.05) is 0 Å². The summed E-state index contributed by atoms with van der Waals surface area (Å²) in [6.45, 7) is 2.20. The van der Waals surface area contributed by atoms with Gasteiger partial charge in [-0.2, -0.15) is 4.98 Å². The molecule has 21 heavy (non-hydrogen) atoms. The average Bonchev–Trinajstić information content (AvgIpc) is 2.90. The second kappa shape index (κ2) is 5.56. The molecule has 2 N–H and O–H groups in total. The van der Waals surface area contributed by atoms with Gasteiger partial charge in [0.1, 0.15) is 5.82 Å². The van der Waals surface area contributed by atoms with Crippen LogP contribution in [0, 0.1) is 11.7 Å². The van der Waals surface area contributed by atoms with E-state index in [1.54, 1.807) is 12.1 Å². The summed E-state index contributed by atoms with van der Waals surface area (Å²) in [7, 11) is 0. The van der Waals surface area contributed by atoms with E-state index < -0.39 is 5.54 Å². The predicted octanol–water partition coefficient (Wildman–Crippen LogP) is 3.16. The van der Waals surface area contributed by atoms with Gasteiger partial charge in [0.05, 0.1) is 5.54 Å². The summed E-state index contributed by atoms with van der Waals surface area (Å²) in [5.74, 6) is 1.46. The third-order valence-corrected chi connectivity index (χ3v) is 4.20. The highest BCUT2D eigenvalue weighted by Gasteiger charge is 2.37. The third kappa shape index (κ3) is 3.13. The molecule has 2 atom stereocenters. The number of aromatic nitrogens is 2. The van der Waals surface area contributed by atoms with Crippen LogP contribution in [-0.2, 0) is 12.0 Å². The molecule has 1 aliphatic rings. The van der Waals surface area contributed by atoms with Crippen LogP contribution >= 0.6 is 0 Å². The lowest BCUT2D eigenvalue weighted by Gasteiger charge is -2.33. The van der Waals surface area contributed by atoms with Gasteiger partial charge in [-0.15, -0.1) is 0 Å². The van der Waals surface area contributed by atoms with Crippen molar-refractivity contribution in [2.75, 3.05) is 0 Å². The number of benzene rings is 1.